The molecule has 7 nitrogen and oxygen atoms in total. The Labute approximate surface area is 144 Å². The Kier molecular flexibility index (Phi) is 4.65. The number of rotatable bonds is 5. The smallest absolute Gasteiger partial charge is 0.282 e. The summed E-state index contributed by atoms with van der Waals surface area (Å²) < 4.78 is 16.1. The minimum Gasteiger partial charge on any atom is -0.507 e. The number of fused-ring (bicyclic) bond motifs is 1. The Hall–Kier alpha value is -3.35. The quantitative estimate of drug-likeness (QED) is 0.719. The summed E-state index contributed by atoms with van der Waals surface area (Å²) in [6.45, 7) is 3.90. The fourth-order valence-corrected chi connectivity index (χ4v) is 2.33. The number of methoxy groups -OCH3 is 1. The standard InChI is InChI=1S/C18H18N2O5/c1-11(13-8-7-12(23-2)9-14(13)21)19-20-18(22)17-10-24-15-5-3-4-6-16(15)25-17/h3-9,17,19,21H,1,10H2,2H3,(H,20,22)/t17-/m1/s1. The molecule has 0 aliphatic carbocycles. The number of carbonyl (C=O) groups is 1. The third-order valence-corrected chi connectivity index (χ3v) is 3.67. The second-order valence-electron chi connectivity index (χ2n) is 5.34. The number of benzene rings is 2. The van der Waals surface area contributed by atoms with Crippen LogP contribution in [-0.2, 0) is 4.79 Å². The molecule has 0 saturated heterocycles. The van der Waals surface area contributed by atoms with E-state index in [1.165, 1.54) is 13.2 Å². The number of nitrogens with one attached hydrogen (secondary N) is 2. The SMILES string of the molecule is C=C(NNC(=O)[C@H]1COc2ccccc2O1)c1ccc(OC)cc1O. The van der Waals surface area contributed by atoms with E-state index in [2.05, 4.69) is 17.4 Å². The Balaban J connectivity index is 1.58. The van der Waals surface area contributed by atoms with Gasteiger partial charge in [0.25, 0.3) is 5.91 Å². The van der Waals surface area contributed by atoms with E-state index in [-0.39, 0.29) is 12.4 Å². The molecule has 130 valence electrons. The van der Waals surface area contributed by atoms with Crippen molar-refractivity contribution in [2.75, 3.05) is 13.7 Å². The Morgan fingerprint density at radius 2 is 2.00 bits per heavy atom. The van der Waals surface area contributed by atoms with E-state index in [4.69, 9.17) is 14.2 Å². The third-order valence-electron chi connectivity index (χ3n) is 3.67. The van der Waals surface area contributed by atoms with Gasteiger partial charge in [0.2, 0.25) is 6.10 Å². The Bertz CT molecular complexity index is 806. The molecule has 3 rings (SSSR count). The lowest BCUT2D eigenvalue weighted by Gasteiger charge is -2.25. The van der Waals surface area contributed by atoms with Crippen LogP contribution in [0.3, 0.4) is 0 Å². The molecule has 0 unspecified atom stereocenters. The molecule has 1 aliphatic heterocycles. The lowest BCUT2D eigenvalue weighted by Crippen LogP contribution is -2.48. The summed E-state index contributed by atoms with van der Waals surface area (Å²) >= 11 is 0. The van der Waals surface area contributed by atoms with Crippen molar-refractivity contribution < 1.29 is 24.1 Å². The number of ether oxygens (including phenoxy) is 3. The summed E-state index contributed by atoms with van der Waals surface area (Å²) in [5.74, 6) is 1.21. The first kappa shape index (κ1) is 16.5. The fourth-order valence-electron chi connectivity index (χ4n) is 2.33. The monoisotopic (exact) mass is 342 g/mol. The van der Waals surface area contributed by atoms with Gasteiger partial charge in [-0.05, 0) is 24.3 Å². The molecule has 25 heavy (non-hydrogen) atoms. The van der Waals surface area contributed by atoms with Gasteiger partial charge in [-0.25, -0.2) is 0 Å². The van der Waals surface area contributed by atoms with Crippen molar-refractivity contribution >= 4 is 11.6 Å². The van der Waals surface area contributed by atoms with E-state index in [0.29, 0.717) is 28.5 Å². The number of hydrazine groups is 1. The van der Waals surface area contributed by atoms with E-state index in [1.807, 2.05) is 6.07 Å². The topological polar surface area (TPSA) is 89.1 Å². The number of phenolic OH excluding ortho intramolecular Hbond substituents is 1. The molecule has 2 aromatic rings. The van der Waals surface area contributed by atoms with E-state index >= 15 is 0 Å². The zero-order valence-corrected chi connectivity index (χ0v) is 13.6. The normalized spacial score (nSPS) is 15.2. The van der Waals surface area contributed by atoms with Crippen LogP contribution in [0.1, 0.15) is 5.56 Å². The number of amides is 1. The molecule has 1 aliphatic rings. The van der Waals surface area contributed by atoms with Crippen molar-refractivity contribution in [3.63, 3.8) is 0 Å². The summed E-state index contributed by atoms with van der Waals surface area (Å²) in [6, 6.07) is 11.9. The van der Waals surface area contributed by atoms with Crippen LogP contribution in [0, 0.1) is 0 Å². The summed E-state index contributed by atoms with van der Waals surface area (Å²) in [5.41, 5.74) is 5.93. The van der Waals surface area contributed by atoms with Crippen molar-refractivity contribution in [2.45, 2.75) is 6.10 Å². The van der Waals surface area contributed by atoms with E-state index < -0.39 is 12.0 Å². The molecule has 2 aromatic carbocycles. The van der Waals surface area contributed by atoms with Gasteiger partial charge in [-0.15, -0.1) is 0 Å². The second kappa shape index (κ2) is 7.04. The summed E-state index contributed by atoms with van der Waals surface area (Å²) in [6.07, 6.45) is -0.792. The van der Waals surface area contributed by atoms with Crippen molar-refractivity contribution in [3.05, 3.63) is 54.6 Å². The summed E-state index contributed by atoms with van der Waals surface area (Å²) in [5, 5.41) is 9.98. The zero-order chi connectivity index (χ0) is 17.8. The van der Waals surface area contributed by atoms with Crippen LogP contribution >= 0.6 is 0 Å². The highest BCUT2D eigenvalue weighted by molar-refractivity contribution is 5.82. The fraction of sp³-hybridized carbons (Fsp3) is 0.167. The third kappa shape index (κ3) is 3.60. The number of hydrogen-bond donors (Lipinski definition) is 3. The molecule has 0 bridgehead atoms. The summed E-state index contributed by atoms with van der Waals surface area (Å²) in [4.78, 5) is 12.2. The molecule has 1 amide bonds. The van der Waals surface area contributed by atoms with Crippen molar-refractivity contribution in [2.24, 2.45) is 0 Å². The highest BCUT2D eigenvalue weighted by atomic mass is 16.6. The molecule has 3 N–H and O–H groups in total. The van der Waals surface area contributed by atoms with Crippen LogP contribution in [0.4, 0.5) is 0 Å². The lowest BCUT2D eigenvalue weighted by atomic mass is 10.1. The van der Waals surface area contributed by atoms with Gasteiger partial charge < -0.3 is 19.3 Å². The average molecular weight is 342 g/mol. The van der Waals surface area contributed by atoms with Gasteiger partial charge in [0, 0.05) is 11.6 Å². The average Bonchev–Trinajstić information content (AvgIpc) is 2.65. The maximum Gasteiger partial charge on any atom is 0.282 e. The van der Waals surface area contributed by atoms with E-state index in [0.717, 1.165) is 0 Å². The molecular weight excluding hydrogens is 324 g/mol. The van der Waals surface area contributed by atoms with Crippen LogP contribution in [0.15, 0.2) is 49.0 Å². The van der Waals surface area contributed by atoms with Crippen LogP contribution < -0.4 is 25.1 Å². The maximum atomic E-state index is 12.2. The minimum atomic E-state index is -0.792. The Morgan fingerprint density at radius 3 is 2.72 bits per heavy atom. The second-order valence-corrected chi connectivity index (χ2v) is 5.34. The van der Waals surface area contributed by atoms with Gasteiger partial charge in [-0.1, -0.05) is 18.7 Å². The van der Waals surface area contributed by atoms with E-state index in [9.17, 15) is 9.90 Å². The number of carbonyl (C=O) groups excluding carboxylic acids is 1. The van der Waals surface area contributed by atoms with Gasteiger partial charge in [0.1, 0.15) is 18.1 Å². The molecule has 0 spiro atoms. The van der Waals surface area contributed by atoms with Gasteiger partial charge in [0.15, 0.2) is 11.5 Å². The van der Waals surface area contributed by atoms with Crippen molar-refractivity contribution in [3.8, 4) is 23.0 Å². The molecule has 7 heteroatoms. The summed E-state index contributed by atoms with van der Waals surface area (Å²) in [7, 11) is 1.51. The molecule has 1 atom stereocenters. The predicted octanol–water partition coefficient (Wildman–Crippen LogP) is 1.83. The van der Waals surface area contributed by atoms with Gasteiger partial charge >= 0.3 is 0 Å². The molecule has 0 radical (unpaired) electrons. The van der Waals surface area contributed by atoms with Crippen LogP contribution in [0.25, 0.3) is 5.70 Å². The first-order valence-electron chi connectivity index (χ1n) is 7.59. The van der Waals surface area contributed by atoms with Gasteiger partial charge in [-0.2, -0.15) is 0 Å². The number of hydrogen-bond acceptors (Lipinski definition) is 6. The first-order valence-corrected chi connectivity index (χ1v) is 7.59. The predicted molar refractivity (Wildman–Crippen MR) is 91.3 cm³/mol. The van der Waals surface area contributed by atoms with Gasteiger partial charge in [-0.3, -0.25) is 15.6 Å². The first-order chi connectivity index (χ1) is 12.1. The highest BCUT2D eigenvalue weighted by Crippen LogP contribution is 2.31. The number of aromatic hydroxyl groups is 1. The molecular formula is C18H18N2O5. The highest BCUT2D eigenvalue weighted by Gasteiger charge is 2.27. The van der Waals surface area contributed by atoms with Crippen LogP contribution in [0.5, 0.6) is 23.0 Å². The number of phenols is 1. The Morgan fingerprint density at radius 1 is 1.24 bits per heavy atom. The largest absolute Gasteiger partial charge is 0.507 e. The minimum absolute atomic E-state index is 0.0164. The molecule has 0 fully saturated rings. The molecule has 0 saturated carbocycles. The number of para-hydroxylation sites is 2. The van der Waals surface area contributed by atoms with Crippen molar-refractivity contribution in [1.29, 1.82) is 0 Å². The molecule has 1 heterocycles. The zero-order valence-electron chi connectivity index (χ0n) is 13.6. The van der Waals surface area contributed by atoms with Crippen LogP contribution in [-0.4, -0.2) is 30.8 Å². The van der Waals surface area contributed by atoms with Gasteiger partial charge in [0.05, 0.1) is 12.8 Å². The molecule has 0 aromatic heterocycles. The van der Waals surface area contributed by atoms with Crippen molar-refractivity contribution in [1.82, 2.24) is 10.9 Å². The van der Waals surface area contributed by atoms with Crippen LogP contribution in [0.2, 0.25) is 0 Å². The maximum absolute atomic E-state index is 12.2. The lowest BCUT2D eigenvalue weighted by molar-refractivity contribution is -0.131. The van der Waals surface area contributed by atoms with E-state index in [1.54, 1.807) is 30.3 Å².